The molecular formula is C15H18ClNS. The fourth-order valence-corrected chi connectivity index (χ4v) is 3.11. The highest BCUT2D eigenvalue weighted by Gasteiger charge is 2.12. The van der Waals surface area contributed by atoms with Crippen molar-refractivity contribution in [2.45, 2.75) is 25.8 Å². The minimum absolute atomic E-state index is 0.376. The molecule has 2 aromatic rings. The minimum Gasteiger partial charge on any atom is -0.310 e. The van der Waals surface area contributed by atoms with Crippen molar-refractivity contribution in [1.29, 1.82) is 0 Å². The van der Waals surface area contributed by atoms with Crippen molar-refractivity contribution in [3.8, 4) is 0 Å². The molecule has 1 heterocycles. The number of thiophene rings is 1. The first-order valence-corrected chi connectivity index (χ1v) is 7.51. The van der Waals surface area contributed by atoms with Gasteiger partial charge in [-0.15, -0.1) is 11.3 Å². The molecule has 1 nitrogen and oxygen atoms in total. The Hall–Kier alpha value is -0.830. The molecule has 18 heavy (non-hydrogen) atoms. The van der Waals surface area contributed by atoms with Gasteiger partial charge in [-0.3, -0.25) is 0 Å². The highest BCUT2D eigenvalue weighted by Crippen LogP contribution is 2.26. The van der Waals surface area contributed by atoms with Gasteiger partial charge in [0.15, 0.2) is 0 Å². The van der Waals surface area contributed by atoms with E-state index in [1.54, 1.807) is 11.3 Å². The number of nitrogens with one attached hydrogen (secondary N) is 1. The average molecular weight is 280 g/mol. The van der Waals surface area contributed by atoms with E-state index in [9.17, 15) is 0 Å². The molecule has 1 aromatic carbocycles. The number of benzene rings is 1. The smallest absolute Gasteiger partial charge is 0.0931 e. The second kappa shape index (κ2) is 6.93. The lowest BCUT2D eigenvalue weighted by molar-refractivity contribution is 0.532. The van der Waals surface area contributed by atoms with E-state index in [0.29, 0.717) is 6.04 Å². The summed E-state index contributed by atoms with van der Waals surface area (Å²) in [4.78, 5) is 1.33. The Morgan fingerprint density at radius 2 is 1.94 bits per heavy atom. The van der Waals surface area contributed by atoms with E-state index in [2.05, 4.69) is 48.6 Å². The van der Waals surface area contributed by atoms with Gasteiger partial charge in [0, 0.05) is 17.3 Å². The second-order valence-electron chi connectivity index (χ2n) is 4.33. The van der Waals surface area contributed by atoms with Crippen molar-refractivity contribution in [3.05, 3.63) is 57.2 Å². The summed E-state index contributed by atoms with van der Waals surface area (Å²) in [7, 11) is 0. The molecule has 0 aliphatic carbocycles. The third kappa shape index (κ3) is 3.84. The highest BCUT2D eigenvalue weighted by atomic mass is 35.5. The Balaban J connectivity index is 2.10. The number of halogens is 1. The van der Waals surface area contributed by atoms with Gasteiger partial charge >= 0.3 is 0 Å². The molecule has 0 aliphatic heterocycles. The molecule has 1 unspecified atom stereocenters. The van der Waals surface area contributed by atoms with Crippen molar-refractivity contribution in [3.63, 3.8) is 0 Å². The Morgan fingerprint density at radius 1 is 1.17 bits per heavy atom. The summed E-state index contributed by atoms with van der Waals surface area (Å²) < 4.78 is 0.868. The van der Waals surface area contributed by atoms with E-state index in [0.717, 1.165) is 23.7 Å². The molecule has 1 atom stereocenters. The van der Waals surface area contributed by atoms with Gasteiger partial charge in [-0.2, -0.15) is 0 Å². The van der Waals surface area contributed by atoms with Crippen LogP contribution >= 0.6 is 22.9 Å². The van der Waals surface area contributed by atoms with Crippen LogP contribution in [0.3, 0.4) is 0 Å². The van der Waals surface area contributed by atoms with Crippen LogP contribution in [0, 0.1) is 0 Å². The number of hydrogen-bond acceptors (Lipinski definition) is 2. The van der Waals surface area contributed by atoms with Gasteiger partial charge in [-0.25, -0.2) is 0 Å². The third-order valence-electron chi connectivity index (χ3n) is 2.88. The van der Waals surface area contributed by atoms with Crippen LogP contribution in [0.1, 0.15) is 29.8 Å². The van der Waals surface area contributed by atoms with Crippen LogP contribution in [0.4, 0.5) is 0 Å². The normalized spacial score (nSPS) is 12.6. The first kappa shape index (κ1) is 13.6. The lowest BCUT2D eigenvalue weighted by atomic mass is 10.0. The summed E-state index contributed by atoms with van der Waals surface area (Å²) in [6, 6.07) is 15.1. The average Bonchev–Trinajstić information content (AvgIpc) is 2.81. The fourth-order valence-electron chi connectivity index (χ4n) is 1.97. The summed E-state index contributed by atoms with van der Waals surface area (Å²) in [5.41, 5.74) is 1.34. The molecule has 0 spiro atoms. The van der Waals surface area contributed by atoms with E-state index in [-0.39, 0.29) is 0 Å². The molecule has 0 saturated heterocycles. The Bertz CT molecular complexity index is 466. The van der Waals surface area contributed by atoms with Crippen molar-refractivity contribution < 1.29 is 0 Å². The van der Waals surface area contributed by atoms with Crippen LogP contribution in [-0.2, 0) is 6.42 Å². The SMILES string of the molecule is CCCNC(Cc1ccc(Cl)s1)c1ccccc1. The zero-order valence-electron chi connectivity index (χ0n) is 10.5. The molecular weight excluding hydrogens is 262 g/mol. The molecule has 0 saturated carbocycles. The first-order chi connectivity index (χ1) is 8.79. The summed E-state index contributed by atoms with van der Waals surface area (Å²) in [5.74, 6) is 0. The first-order valence-electron chi connectivity index (χ1n) is 6.32. The molecule has 2 rings (SSSR count). The second-order valence-corrected chi connectivity index (χ2v) is 6.13. The Kier molecular flexibility index (Phi) is 5.24. The standard InChI is InChI=1S/C15H18ClNS/c1-2-10-17-14(12-6-4-3-5-7-12)11-13-8-9-15(16)18-13/h3-9,14,17H,2,10-11H2,1H3. The van der Waals surface area contributed by atoms with Crippen LogP contribution < -0.4 is 5.32 Å². The van der Waals surface area contributed by atoms with Gasteiger partial charge in [-0.1, -0.05) is 48.9 Å². The lowest BCUT2D eigenvalue weighted by Crippen LogP contribution is -2.23. The monoisotopic (exact) mass is 279 g/mol. The molecule has 96 valence electrons. The molecule has 1 N–H and O–H groups in total. The van der Waals surface area contributed by atoms with Gasteiger partial charge in [0.25, 0.3) is 0 Å². The Morgan fingerprint density at radius 3 is 2.56 bits per heavy atom. The quantitative estimate of drug-likeness (QED) is 0.809. The zero-order valence-corrected chi connectivity index (χ0v) is 12.1. The van der Waals surface area contributed by atoms with E-state index in [1.807, 2.05) is 6.07 Å². The largest absolute Gasteiger partial charge is 0.310 e. The molecule has 0 bridgehead atoms. The van der Waals surface area contributed by atoms with Gasteiger partial charge in [0.2, 0.25) is 0 Å². The van der Waals surface area contributed by atoms with Crippen LogP contribution in [0.2, 0.25) is 4.34 Å². The van der Waals surface area contributed by atoms with Crippen LogP contribution in [0.15, 0.2) is 42.5 Å². The van der Waals surface area contributed by atoms with E-state index >= 15 is 0 Å². The van der Waals surface area contributed by atoms with Crippen molar-refractivity contribution in [2.24, 2.45) is 0 Å². The van der Waals surface area contributed by atoms with E-state index < -0.39 is 0 Å². The highest BCUT2D eigenvalue weighted by molar-refractivity contribution is 7.16. The van der Waals surface area contributed by atoms with Crippen LogP contribution in [-0.4, -0.2) is 6.54 Å². The molecule has 1 aromatic heterocycles. The molecule has 3 heteroatoms. The van der Waals surface area contributed by atoms with Gasteiger partial charge < -0.3 is 5.32 Å². The maximum atomic E-state index is 5.99. The van der Waals surface area contributed by atoms with E-state index in [4.69, 9.17) is 11.6 Å². The number of hydrogen-bond donors (Lipinski definition) is 1. The fraction of sp³-hybridized carbons (Fsp3) is 0.333. The molecule has 0 aliphatic rings. The van der Waals surface area contributed by atoms with Crippen molar-refractivity contribution in [2.75, 3.05) is 6.54 Å². The Labute approximate surface area is 118 Å². The molecule has 0 fully saturated rings. The predicted octanol–water partition coefficient (Wildman–Crippen LogP) is 4.68. The topological polar surface area (TPSA) is 12.0 Å². The zero-order chi connectivity index (χ0) is 12.8. The number of rotatable bonds is 6. The maximum absolute atomic E-state index is 5.99. The van der Waals surface area contributed by atoms with Crippen molar-refractivity contribution >= 4 is 22.9 Å². The summed E-state index contributed by atoms with van der Waals surface area (Å²) in [6.07, 6.45) is 2.15. The van der Waals surface area contributed by atoms with Crippen LogP contribution in [0.5, 0.6) is 0 Å². The summed E-state index contributed by atoms with van der Waals surface area (Å²) in [6.45, 7) is 3.23. The summed E-state index contributed by atoms with van der Waals surface area (Å²) in [5, 5.41) is 3.61. The predicted molar refractivity (Wildman–Crippen MR) is 80.5 cm³/mol. The van der Waals surface area contributed by atoms with Crippen molar-refractivity contribution in [1.82, 2.24) is 5.32 Å². The van der Waals surface area contributed by atoms with E-state index in [1.165, 1.54) is 10.4 Å². The van der Waals surface area contributed by atoms with Crippen LogP contribution in [0.25, 0.3) is 0 Å². The third-order valence-corrected chi connectivity index (χ3v) is 4.13. The molecule has 0 radical (unpaired) electrons. The lowest BCUT2D eigenvalue weighted by Gasteiger charge is -2.18. The van der Waals surface area contributed by atoms with Gasteiger partial charge in [0.05, 0.1) is 4.34 Å². The minimum atomic E-state index is 0.376. The molecule has 0 amide bonds. The summed E-state index contributed by atoms with van der Waals surface area (Å²) >= 11 is 7.66. The van der Waals surface area contributed by atoms with Gasteiger partial charge in [-0.05, 0) is 30.7 Å². The maximum Gasteiger partial charge on any atom is 0.0931 e. The van der Waals surface area contributed by atoms with Gasteiger partial charge in [0.1, 0.15) is 0 Å².